The lowest BCUT2D eigenvalue weighted by Gasteiger charge is -2.31. The van der Waals surface area contributed by atoms with Gasteiger partial charge in [-0.2, -0.15) is 0 Å². The summed E-state index contributed by atoms with van der Waals surface area (Å²) in [5, 5.41) is 3.68. The summed E-state index contributed by atoms with van der Waals surface area (Å²) in [5.74, 6) is 0.458. The Hall–Kier alpha value is -1.55. The number of carbonyl (C=O) groups is 2. The van der Waals surface area contributed by atoms with E-state index in [0.717, 1.165) is 62.9 Å². The van der Waals surface area contributed by atoms with E-state index in [0.29, 0.717) is 10.9 Å². The highest BCUT2D eigenvalue weighted by atomic mass is 35.5. The van der Waals surface area contributed by atoms with E-state index in [9.17, 15) is 9.59 Å². The van der Waals surface area contributed by atoms with Gasteiger partial charge >= 0.3 is 0 Å². The zero-order chi connectivity index (χ0) is 18.5. The zero-order valence-electron chi connectivity index (χ0n) is 15.6. The second-order valence-electron chi connectivity index (χ2n) is 7.69. The van der Waals surface area contributed by atoms with E-state index in [4.69, 9.17) is 11.6 Å². The van der Waals surface area contributed by atoms with Gasteiger partial charge in [-0.25, -0.2) is 0 Å². The monoisotopic (exact) mass is 376 g/mol. The van der Waals surface area contributed by atoms with Gasteiger partial charge in [-0.05, 0) is 63.1 Å². The molecule has 4 nitrogen and oxygen atoms in total. The van der Waals surface area contributed by atoms with E-state index in [-0.39, 0.29) is 17.7 Å². The van der Waals surface area contributed by atoms with Gasteiger partial charge < -0.3 is 10.2 Å². The number of nitrogens with one attached hydrogen (secondary N) is 1. The van der Waals surface area contributed by atoms with Gasteiger partial charge in [-0.3, -0.25) is 9.59 Å². The van der Waals surface area contributed by atoms with Crippen LogP contribution in [0.2, 0.25) is 5.02 Å². The number of amides is 2. The molecule has 1 saturated carbocycles. The largest absolute Gasteiger partial charge is 0.342 e. The third kappa shape index (κ3) is 4.59. The van der Waals surface area contributed by atoms with Gasteiger partial charge in [0.15, 0.2) is 0 Å². The minimum atomic E-state index is -0.0124. The number of benzene rings is 1. The number of likely N-dealkylation sites (tertiary alicyclic amines) is 1. The van der Waals surface area contributed by atoms with Gasteiger partial charge in [0.05, 0.1) is 0 Å². The van der Waals surface area contributed by atoms with Gasteiger partial charge in [0, 0.05) is 35.6 Å². The Labute approximate surface area is 161 Å². The summed E-state index contributed by atoms with van der Waals surface area (Å²) >= 11 is 6.13. The normalized spacial score (nSPS) is 24.0. The molecule has 0 unspecified atom stereocenters. The molecule has 3 rings (SSSR count). The summed E-state index contributed by atoms with van der Waals surface area (Å²) < 4.78 is 0. The van der Waals surface area contributed by atoms with Crippen molar-refractivity contribution in [2.45, 2.75) is 58.3 Å². The predicted molar refractivity (Wildman–Crippen MR) is 105 cm³/mol. The van der Waals surface area contributed by atoms with Crippen LogP contribution in [0.3, 0.4) is 0 Å². The average Bonchev–Trinajstić information content (AvgIpc) is 2.94. The van der Waals surface area contributed by atoms with Gasteiger partial charge in [-0.1, -0.05) is 30.5 Å². The van der Waals surface area contributed by atoms with Crippen LogP contribution >= 0.6 is 11.6 Å². The molecule has 0 radical (unpaired) electrons. The molecule has 0 spiro atoms. The second kappa shape index (κ2) is 8.90. The second-order valence-corrected chi connectivity index (χ2v) is 8.10. The summed E-state index contributed by atoms with van der Waals surface area (Å²) in [6.07, 6.45) is 7.94. The third-order valence-corrected chi connectivity index (χ3v) is 6.30. The van der Waals surface area contributed by atoms with Gasteiger partial charge in [0.2, 0.25) is 11.8 Å². The summed E-state index contributed by atoms with van der Waals surface area (Å²) in [5.41, 5.74) is 1.68. The number of carbonyl (C=O) groups excluding carboxylic acids is 2. The van der Waals surface area contributed by atoms with Crippen molar-refractivity contribution in [3.63, 3.8) is 0 Å². The van der Waals surface area contributed by atoms with E-state index in [2.05, 4.69) is 10.2 Å². The molecule has 2 fully saturated rings. The smallest absolute Gasteiger partial charge is 0.227 e. The Balaban J connectivity index is 1.52. The Kier molecular flexibility index (Phi) is 6.58. The molecule has 0 bridgehead atoms. The van der Waals surface area contributed by atoms with Gasteiger partial charge in [-0.15, -0.1) is 0 Å². The van der Waals surface area contributed by atoms with Crippen LogP contribution in [0.15, 0.2) is 18.2 Å². The quantitative estimate of drug-likeness (QED) is 0.823. The van der Waals surface area contributed by atoms with Crippen molar-refractivity contribution in [2.75, 3.05) is 18.4 Å². The molecule has 5 heteroatoms. The van der Waals surface area contributed by atoms with Crippen LogP contribution in [-0.4, -0.2) is 29.8 Å². The lowest BCUT2D eigenvalue weighted by atomic mass is 9.80. The molecule has 0 atom stereocenters. The van der Waals surface area contributed by atoms with Crippen LogP contribution in [0.25, 0.3) is 0 Å². The molecule has 2 aliphatic rings. The fraction of sp³-hybridized carbons (Fsp3) is 0.619. The molecule has 1 heterocycles. The number of halogens is 1. The highest BCUT2D eigenvalue weighted by Gasteiger charge is 2.32. The summed E-state index contributed by atoms with van der Waals surface area (Å²) in [4.78, 5) is 27.4. The molecule has 1 aliphatic heterocycles. The van der Waals surface area contributed by atoms with Crippen LogP contribution in [0.5, 0.6) is 0 Å². The average molecular weight is 377 g/mol. The van der Waals surface area contributed by atoms with Crippen molar-refractivity contribution in [3.05, 3.63) is 28.8 Å². The maximum Gasteiger partial charge on any atom is 0.227 e. The first kappa shape index (κ1) is 19.2. The van der Waals surface area contributed by atoms with Crippen molar-refractivity contribution >= 4 is 29.1 Å². The van der Waals surface area contributed by atoms with Crippen LogP contribution in [-0.2, 0) is 9.59 Å². The van der Waals surface area contributed by atoms with Crippen molar-refractivity contribution in [2.24, 2.45) is 11.8 Å². The van der Waals surface area contributed by atoms with Crippen LogP contribution in [0, 0.1) is 18.8 Å². The number of hydrogen-bond acceptors (Lipinski definition) is 2. The lowest BCUT2D eigenvalue weighted by molar-refractivity contribution is -0.137. The minimum absolute atomic E-state index is 0.0124. The summed E-state index contributed by atoms with van der Waals surface area (Å²) in [7, 11) is 0. The Bertz CT molecular complexity index is 645. The summed E-state index contributed by atoms with van der Waals surface area (Å²) in [6.45, 7) is 3.73. The van der Waals surface area contributed by atoms with Crippen LogP contribution in [0.4, 0.5) is 5.69 Å². The molecule has 142 valence electrons. The number of nitrogens with zero attached hydrogens (tertiary/aromatic N) is 1. The fourth-order valence-corrected chi connectivity index (χ4v) is 4.30. The lowest BCUT2D eigenvalue weighted by Crippen LogP contribution is -2.39. The molecule has 2 amide bonds. The number of hydrogen-bond donors (Lipinski definition) is 1. The highest BCUT2D eigenvalue weighted by Crippen LogP contribution is 2.32. The predicted octanol–water partition coefficient (Wildman–Crippen LogP) is 4.80. The first-order chi connectivity index (χ1) is 12.6. The van der Waals surface area contributed by atoms with Crippen molar-refractivity contribution in [1.29, 1.82) is 0 Å². The minimum Gasteiger partial charge on any atom is -0.342 e. The Morgan fingerprint density at radius 3 is 2.27 bits per heavy atom. The standard InChI is InChI=1S/C21H29ClN2O2/c1-15-18(22)7-6-8-19(15)23-20(25)16-9-11-17(12-10-16)21(26)24-13-4-2-3-5-14-24/h6-8,16-17H,2-5,9-14H2,1H3,(H,23,25). The first-order valence-electron chi connectivity index (χ1n) is 9.91. The topological polar surface area (TPSA) is 49.4 Å². The molecule has 1 aromatic carbocycles. The molecule has 1 aromatic rings. The first-order valence-corrected chi connectivity index (χ1v) is 10.3. The molecule has 26 heavy (non-hydrogen) atoms. The summed E-state index contributed by atoms with van der Waals surface area (Å²) in [6, 6.07) is 5.56. The molecular weight excluding hydrogens is 348 g/mol. The van der Waals surface area contributed by atoms with Gasteiger partial charge in [0.1, 0.15) is 0 Å². The van der Waals surface area contributed by atoms with E-state index >= 15 is 0 Å². The molecule has 1 N–H and O–H groups in total. The maximum atomic E-state index is 12.8. The SMILES string of the molecule is Cc1c(Cl)cccc1NC(=O)C1CCC(C(=O)N2CCCCCC2)CC1. The van der Waals surface area contributed by atoms with E-state index in [1.165, 1.54) is 12.8 Å². The fourth-order valence-electron chi connectivity index (χ4n) is 4.13. The highest BCUT2D eigenvalue weighted by molar-refractivity contribution is 6.31. The van der Waals surface area contributed by atoms with E-state index in [1.807, 2.05) is 25.1 Å². The number of rotatable bonds is 3. The Morgan fingerprint density at radius 2 is 1.62 bits per heavy atom. The van der Waals surface area contributed by atoms with E-state index in [1.54, 1.807) is 0 Å². The van der Waals surface area contributed by atoms with Crippen molar-refractivity contribution < 1.29 is 9.59 Å². The third-order valence-electron chi connectivity index (χ3n) is 5.89. The molecular formula is C21H29ClN2O2. The van der Waals surface area contributed by atoms with Crippen LogP contribution in [0.1, 0.15) is 56.9 Å². The zero-order valence-corrected chi connectivity index (χ0v) is 16.4. The van der Waals surface area contributed by atoms with Crippen molar-refractivity contribution in [1.82, 2.24) is 4.90 Å². The van der Waals surface area contributed by atoms with Crippen LogP contribution < -0.4 is 5.32 Å². The molecule has 1 aliphatic carbocycles. The molecule has 1 saturated heterocycles. The number of anilines is 1. The van der Waals surface area contributed by atoms with Gasteiger partial charge in [0.25, 0.3) is 0 Å². The maximum absolute atomic E-state index is 12.8. The van der Waals surface area contributed by atoms with E-state index < -0.39 is 0 Å². The Morgan fingerprint density at radius 1 is 1.00 bits per heavy atom. The van der Waals surface area contributed by atoms with Crippen molar-refractivity contribution in [3.8, 4) is 0 Å². The molecule has 0 aromatic heterocycles.